The van der Waals surface area contributed by atoms with Crippen LogP contribution in [0.5, 0.6) is 11.5 Å². The number of allylic oxidation sites excluding steroid dienone is 1. The Morgan fingerprint density at radius 1 is 0.778 bits per heavy atom. The minimum atomic E-state index is -4.95. The van der Waals surface area contributed by atoms with Crippen molar-refractivity contribution in [3.8, 4) is 11.5 Å². The van der Waals surface area contributed by atoms with Gasteiger partial charge in [-0.3, -0.25) is 0 Å². The highest BCUT2D eigenvalue weighted by Crippen LogP contribution is 2.35. The Labute approximate surface area is 256 Å². The fourth-order valence-electron chi connectivity index (χ4n) is 4.57. The Kier molecular flexibility index (Phi) is 10.3. The average molecular weight is 625 g/mol. The number of halogens is 5. The van der Waals surface area contributed by atoms with E-state index in [9.17, 15) is 28.2 Å². The van der Waals surface area contributed by atoms with Gasteiger partial charge in [0.2, 0.25) is 0 Å². The molecule has 4 aromatic rings. The molecule has 0 saturated heterocycles. The first kappa shape index (κ1) is 32.8. The number of hydrogen-bond donors (Lipinski definition) is 2. The molecule has 1 unspecified atom stereocenters. The standard InChI is InChI=1S/C35H29F5O5/c1-23(41)27-13-8-24(9-14-27)6-7-25(22-26-11-16-29(17-12-26)33(42)43)10-15-28-4-2-3-5-32(28)45-34(36,37)30-18-20-31(21-19-30)44-35(38,39)40/h2-5,8-21,25,41H,1,6-7,22H2,(H,42,43)/b15-10+. The summed E-state index contributed by atoms with van der Waals surface area (Å²) in [6.07, 6.45) is -3.43. The first-order chi connectivity index (χ1) is 21.3. The highest BCUT2D eigenvalue weighted by molar-refractivity contribution is 5.87. The molecule has 4 aromatic carbocycles. The van der Waals surface area contributed by atoms with E-state index in [1.807, 2.05) is 18.2 Å². The molecule has 2 N–H and O–H groups in total. The SMILES string of the molecule is C=C(O)c1ccc(CCC(/C=C/c2ccccc2OC(F)(F)c2ccc(OC(F)(F)F)cc2)Cc2ccc(C(=O)O)cc2)cc1. The van der Waals surface area contributed by atoms with Crippen molar-refractivity contribution < 1.29 is 46.4 Å². The quantitative estimate of drug-likeness (QED) is 0.115. The van der Waals surface area contributed by atoms with E-state index in [0.29, 0.717) is 30.4 Å². The van der Waals surface area contributed by atoms with Crippen LogP contribution < -0.4 is 9.47 Å². The topological polar surface area (TPSA) is 76.0 Å². The third-order valence-corrected chi connectivity index (χ3v) is 6.92. The zero-order chi connectivity index (χ0) is 32.6. The van der Waals surface area contributed by atoms with E-state index in [-0.39, 0.29) is 23.0 Å². The molecular formula is C35H29F5O5. The summed E-state index contributed by atoms with van der Waals surface area (Å²) in [6.45, 7) is 3.52. The van der Waals surface area contributed by atoms with Gasteiger partial charge in [0.05, 0.1) is 11.1 Å². The number of aliphatic hydroxyl groups is 1. The maximum absolute atomic E-state index is 15.1. The van der Waals surface area contributed by atoms with Crippen molar-refractivity contribution in [3.05, 3.63) is 143 Å². The lowest BCUT2D eigenvalue weighted by Crippen LogP contribution is -2.22. The number of alkyl halides is 5. The van der Waals surface area contributed by atoms with Crippen LogP contribution in [0, 0.1) is 5.92 Å². The van der Waals surface area contributed by atoms with E-state index < -0.39 is 29.8 Å². The number of carboxylic acids is 1. The van der Waals surface area contributed by atoms with Gasteiger partial charge in [0.1, 0.15) is 17.3 Å². The van der Waals surface area contributed by atoms with Crippen LogP contribution in [0.2, 0.25) is 0 Å². The molecule has 5 nitrogen and oxygen atoms in total. The Hall–Kier alpha value is -5.12. The van der Waals surface area contributed by atoms with Crippen LogP contribution in [0.3, 0.4) is 0 Å². The molecule has 234 valence electrons. The summed E-state index contributed by atoms with van der Waals surface area (Å²) in [6, 6.07) is 23.1. The summed E-state index contributed by atoms with van der Waals surface area (Å²) in [5.74, 6) is -1.94. The van der Waals surface area contributed by atoms with E-state index in [1.165, 1.54) is 24.3 Å². The molecule has 1 atom stereocenters. The van der Waals surface area contributed by atoms with Crippen LogP contribution in [0.1, 0.15) is 44.6 Å². The minimum absolute atomic E-state index is 0.0360. The minimum Gasteiger partial charge on any atom is -0.508 e. The normalized spacial score (nSPS) is 12.6. The van der Waals surface area contributed by atoms with Gasteiger partial charge in [-0.15, -0.1) is 13.2 Å². The second kappa shape index (κ2) is 14.1. The van der Waals surface area contributed by atoms with Crippen LogP contribution in [0.15, 0.2) is 110 Å². The summed E-state index contributed by atoms with van der Waals surface area (Å²) >= 11 is 0. The molecule has 0 fully saturated rings. The lowest BCUT2D eigenvalue weighted by Gasteiger charge is -2.20. The van der Waals surface area contributed by atoms with Crippen LogP contribution >= 0.6 is 0 Å². The number of rotatable bonds is 13. The molecule has 0 amide bonds. The number of para-hydroxylation sites is 1. The van der Waals surface area contributed by atoms with Gasteiger partial charge in [-0.05, 0) is 78.8 Å². The first-order valence-corrected chi connectivity index (χ1v) is 13.8. The maximum atomic E-state index is 15.1. The largest absolute Gasteiger partial charge is 0.573 e. The van der Waals surface area contributed by atoms with Crippen LogP contribution in [0.25, 0.3) is 11.8 Å². The molecule has 0 heterocycles. The van der Waals surface area contributed by atoms with Gasteiger partial charge in [0.15, 0.2) is 0 Å². The fourth-order valence-corrected chi connectivity index (χ4v) is 4.57. The Bertz CT molecular complexity index is 1630. The number of aromatic carboxylic acids is 1. The van der Waals surface area contributed by atoms with Gasteiger partial charge in [-0.2, -0.15) is 8.78 Å². The van der Waals surface area contributed by atoms with Crippen LogP contribution in [-0.2, 0) is 19.0 Å². The summed E-state index contributed by atoms with van der Waals surface area (Å²) in [7, 11) is 0. The molecule has 0 aliphatic carbocycles. The summed E-state index contributed by atoms with van der Waals surface area (Å²) in [5, 5.41) is 18.8. The van der Waals surface area contributed by atoms with Crippen molar-refractivity contribution in [3.63, 3.8) is 0 Å². The third kappa shape index (κ3) is 9.69. The van der Waals surface area contributed by atoms with Crippen molar-refractivity contribution >= 4 is 17.8 Å². The van der Waals surface area contributed by atoms with Gasteiger partial charge in [-0.25, -0.2) is 4.79 Å². The van der Waals surface area contributed by atoms with Gasteiger partial charge in [-0.1, -0.05) is 73.3 Å². The van der Waals surface area contributed by atoms with Gasteiger partial charge in [0, 0.05) is 11.1 Å². The Morgan fingerprint density at radius 3 is 1.98 bits per heavy atom. The predicted molar refractivity (Wildman–Crippen MR) is 160 cm³/mol. The number of aliphatic hydroxyl groups excluding tert-OH is 1. The second-order valence-corrected chi connectivity index (χ2v) is 10.2. The third-order valence-electron chi connectivity index (χ3n) is 6.92. The molecular weight excluding hydrogens is 595 g/mol. The summed E-state index contributed by atoms with van der Waals surface area (Å²) < 4.78 is 76.3. The monoisotopic (exact) mass is 624 g/mol. The fraction of sp³-hybridized carbons (Fsp3) is 0.171. The van der Waals surface area contributed by atoms with Crippen molar-refractivity contribution in [2.24, 2.45) is 5.92 Å². The van der Waals surface area contributed by atoms with E-state index in [4.69, 9.17) is 4.74 Å². The van der Waals surface area contributed by atoms with Gasteiger partial charge >= 0.3 is 18.4 Å². The molecule has 0 aliphatic rings. The lowest BCUT2D eigenvalue weighted by molar-refractivity contribution is -0.274. The molecule has 0 bridgehead atoms. The maximum Gasteiger partial charge on any atom is 0.573 e. The number of hydrogen-bond acceptors (Lipinski definition) is 4. The predicted octanol–water partition coefficient (Wildman–Crippen LogP) is 9.45. The molecule has 4 rings (SSSR count). The van der Waals surface area contributed by atoms with Crippen LogP contribution in [0.4, 0.5) is 22.0 Å². The van der Waals surface area contributed by atoms with E-state index >= 15 is 8.78 Å². The number of carboxylic acid groups (broad SMARTS) is 1. The van der Waals surface area contributed by atoms with E-state index in [0.717, 1.165) is 35.4 Å². The lowest BCUT2D eigenvalue weighted by atomic mass is 9.91. The first-order valence-electron chi connectivity index (χ1n) is 13.8. The number of carbonyl (C=O) groups is 1. The molecule has 45 heavy (non-hydrogen) atoms. The molecule has 0 aromatic heterocycles. The molecule has 0 aliphatic heterocycles. The summed E-state index contributed by atoms with van der Waals surface area (Å²) in [5.41, 5.74) is 2.35. The smallest absolute Gasteiger partial charge is 0.508 e. The van der Waals surface area contributed by atoms with Gasteiger partial charge in [0.25, 0.3) is 0 Å². The second-order valence-electron chi connectivity index (χ2n) is 10.2. The van der Waals surface area contributed by atoms with E-state index in [1.54, 1.807) is 42.5 Å². The highest BCUT2D eigenvalue weighted by Gasteiger charge is 2.36. The number of aryl methyl sites for hydroxylation is 1. The van der Waals surface area contributed by atoms with E-state index in [2.05, 4.69) is 11.3 Å². The zero-order valence-corrected chi connectivity index (χ0v) is 23.8. The van der Waals surface area contributed by atoms with Crippen molar-refractivity contribution in [1.82, 2.24) is 0 Å². The molecule has 0 saturated carbocycles. The molecule has 0 radical (unpaired) electrons. The number of benzene rings is 4. The number of ether oxygens (including phenoxy) is 2. The zero-order valence-electron chi connectivity index (χ0n) is 23.8. The average Bonchev–Trinajstić information content (AvgIpc) is 2.99. The van der Waals surface area contributed by atoms with Crippen molar-refractivity contribution in [2.75, 3.05) is 0 Å². The Morgan fingerprint density at radius 2 is 1.38 bits per heavy atom. The molecule has 10 heteroatoms. The highest BCUT2D eigenvalue weighted by atomic mass is 19.4. The Balaban J connectivity index is 1.53. The summed E-state index contributed by atoms with van der Waals surface area (Å²) in [4.78, 5) is 11.3. The van der Waals surface area contributed by atoms with Crippen LogP contribution in [-0.4, -0.2) is 22.5 Å². The van der Waals surface area contributed by atoms with Gasteiger partial charge < -0.3 is 19.7 Å². The molecule has 0 spiro atoms. The van der Waals surface area contributed by atoms with Crippen molar-refractivity contribution in [1.29, 1.82) is 0 Å². The van der Waals surface area contributed by atoms with Crippen molar-refractivity contribution in [2.45, 2.75) is 31.7 Å².